The molecule has 0 radical (unpaired) electrons. The van der Waals surface area contributed by atoms with Gasteiger partial charge in [-0.05, 0) is 70.0 Å². The van der Waals surface area contributed by atoms with Crippen LogP contribution in [-0.4, -0.2) is 47.4 Å². The number of carbonyl (C=O) groups excluding carboxylic acids is 1. The van der Waals surface area contributed by atoms with E-state index in [-0.39, 0.29) is 6.61 Å². The molecular weight excluding hydrogens is 709 g/mol. The number of benzene rings is 5. The number of ether oxygens (including phenoxy) is 1. The first-order valence-electron chi connectivity index (χ1n) is 20.0. The third-order valence-electron chi connectivity index (χ3n) is 11.0. The van der Waals surface area contributed by atoms with E-state index in [1.165, 1.54) is 0 Å². The number of rotatable bonds is 16. The Morgan fingerprint density at radius 3 is 1.77 bits per heavy atom. The van der Waals surface area contributed by atoms with E-state index < -0.39 is 17.1 Å². The van der Waals surface area contributed by atoms with Gasteiger partial charge < -0.3 is 14.4 Å². The summed E-state index contributed by atoms with van der Waals surface area (Å²) in [6.45, 7) is 8.40. The van der Waals surface area contributed by atoms with Gasteiger partial charge in [-0.3, -0.25) is 0 Å². The van der Waals surface area contributed by atoms with Crippen LogP contribution < -0.4 is 0 Å². The van der Waals surface area contributed by atoms with Crippen molar-refractivity contribution in [3.05, 3.63) is 179 Å². The fraction of sp³-hybridized carbons (Fsp3) is 0.271. The number of nitrogens with zero attached hydrogens (tertiary/aromatic N) is 6. The number of esters is 1. The molecule has 0 aliphatic carbocycles. The van der Waals surface area contributed by atoms with E-state index >= 15 is 0 Å². The number of hydrogen-bond acceptors (Lipinski definition) is 7. The molecule has 2 heterocycles. The van der Waals surface area contributed by atoms with E-state index in [4.69, 9.17) is 20.0 Å². The van der Waals surface area contributed by atoms with Crippen LogP contribution in [0, 0.1) is 0 Å². The van der Waals surface area contributed by atoms with E-state index in [0.717, 1.165) is 57.6 Å². The minimum absolute atomic E-state index is 0.227. The molecule has 57 heavy (non-hydrogen) atoms. The van der Waals surface area contributed by atoms with Crippen LogP contribution >= 0.6 is 0 Å². The van der Waals surface area contributed by atoms with Crippen LogP contribution in [0.5, 0.6) is 0 Å². The summed E-state index contributed by atoms with van der Waals surface area (Å²) in [4.78, 5) is 18.5. The van der Waals surface area contributed by atoms with Gasteiger partial charge in [-0.25, -0.2) is 14.5 Å². The molecular formula is C48H50N6O3. The van der Waals surface area contributed by atoms with Crippen LogP contribution in [0.2, 0.25) is 0 Å². The highest BCUT2D eigenvalue weighted by Gasteiger charge is 2.42. The second-order valence-electron chi connectivity index (χ2n) is 14.3. The Labute approximate surface area is 335 Å². The highest BCUT2D eigenvalue weighted by Crippen LogP contribution is 2.43. The number of imidazole rings is 1. The minimum atomic E-state index is -1.24. The largest absolute Gasteiger partial charge is 0.461 e. The van der Waals surface area contributed by atoms with Crippen LogP contribution in [0.1, 0.15) is 97.6 Å². The Hall–Kier alpha value is -6.19. The number of aryl methyl sites for hydroxylation is 1. The lowest BCUT2D eigenvalue weighted by Gasteiger charge is -2.36. The van der Waals surface area contributed by atoms with Gasteiger partial charge in [0, 0.05) is 18.5 Å². The van der Waals surface area contributed by atoms with Crippen LogP contribution in [0.3, 0.4) is 0 Å². The SMILES string of the molecule is CCCCc1nc(C(O)(CC)CC)c(C(=O)OCC)n1Cc1ccc(-c2ccccc2-c2nnnn2C(c2ccccc2)(c2ccccc2)c2ccccc2)cc1. The predicted octanol–water partition coefficient (Wildman–Crippen LogP) is 9.62. The number of aliphatic hydroxyl groups is 1. The Balaban J connectivity index is 1.33. The Morgan fingerprint density at radius 1 is 0.702 bits per heavy atom. The van der Waals surface area contributed by atoms with Crippen molar-refractivity contribution in [2.24, 2.45) is 0 Å². The smallest absolute Gasteiger partial charge is 0.357 e. The van der Waals surface area contributed by atoms with Crippen molar-refractivity contribution in [3.8, 4) is 22.5 Å². The van der Waals surface area contributed by atoms with Crippen molar-refractivity contribution in [3.63, 3.8) is 0 Å². The van der Waals surface area contributed by atoms with Crippen molar-refractivity contribution in [2.75, 3.05) is 6.61 Å². The highest BCUT2D eigenvalue weighted by atomic mass is 16.5. The maximum absolute atomic E-state index is 13.6. The maximum Gasteiger partial charge on any atom is 0.357 e. The second kappa shape index (κ2) is 17.3. The van der Waals surface area contributed by atoms with Crippen molar-refractivity contribution >= 4 is 5.97 Å². The average Bonchev–Trinajstić information content (AvgIpc) is 3.90. The molecule has 5 aromatic carbocycles. The molecule has 0 fully saturated rings. The molecule has 0 unspecified atom stereocenters. The summed E-state index contributed by atoms with van der Waals surface area (Å²) in [7, 11) is 0. The molecule has 0 bridgehead atoms. The first-order chi connectivity index (χ1) is 27.9. The summed E-state index contributed by atoms with van der Waals surface area (Å²) < 4.78 is 9.47. The van der Waals surface area contributed by atoms with Gasteiger partial charge in [-0.15, -0.1) is 5.10 Å². The standard InChI is InChI=1S/C48H50N6O3/c1-5-9-29-42-49-44(47(56,6-2)7-3)43(46(55)57-8-4)53(42)34-35-30-32-36(33-31-35)40-27-19-20-28-41(40)45-50-51-52-54(45)48(37-21-13-10-14-22-37,38-23-15-11-16-24-38)39-25-17-12-18-26-39/h10-28,30-33,56H,5-9,29,34H2,1-4H3. The van der Waals surface area contributed by atoms with Crippen molar-refractivity contribution in [1.82, 2.24) is 29.8 Å². The number of tetrazole rings is 1. The van der Waals surface area contributed by atoms with Gasteiger partial charge in [0.05, 0.1) is 6.61 Å². The average molecular weight is 759 g/mol. The fourth-order valence-corrected chi connectivity index (χ4v) is 7.90. The summed E-state index contributed by atoms with van der Waals surface area (Å²) in [6.07, 6.45) is 3.43. The summed E-state index contributed by atoms with van der Waals surface area (Å²) in [5.41, 5.74) is 5.50. The molecule has 0 aliphatic rings. The normalized spacial score (nSPS) is 11.8. The molecule has 1 N–H and O–H groups in total. The van der Waals surface area contributed by atoms with Crippen molar-refractivity contribution in [1.29, 1.82) is 0 Å². The Bertz CT molecular complexity index is 2290. The molecule has 290 valence electrons. The maximum atomic E-state index is 13.6. The van der Waals surface area contributed by atoms with Crippen LogP contribution in [-0.2, 0) is 28.8 Å². The van der Waals surface area contributed by atoms with Gasteiger partial charge >= 0.3 is 5.97 Å². The number of hydrogen-bond donors (Lipinski definition) is 1. The fourth-order valence-electron chi connectivity index (χ4n) is 7.90. The summed E-state index contributed by atoms with van der Waals surface area (Å²) >= 11 is 0. The van der Waals surface area contributed by atoms with Crippen molar-refractivity contribution in [2.45, 2.75) is 77.5 Å². The van der Waals surface area contributed by atoms with Crippen LogP contribution in [0.15, 0.2) is 140 Å². The molecule has 0 atom stereocenters. The third kappa shape index (κ3) is 7.43. The second-order valence-corrected chi connectivity index (χ2v) is 14.3. The zero-order chi connectivity index (χ0) is 39.8. The summed E-state index contributed by atoms with van der Waals surface area (Å²) in [5, 5.41) is 25.5. The quantitative estimate of drug-likeness (QED) is 0.0773. The minimum Gasteiger partial charge on any atom is -0.461 e. The first-order valence-corrected chi connectivity index (χ1v) is 20.0. The summed E-state index contributed by atoms with van der Waals surface area (Å²) in [6, 6.07) is 47.7. The lowest BCUT2D eigenvalue weighted by Crippen LogP contribution is -2.39. The van der Waals surface area contributed by atoms with Gasteiger partial charge in [0.2, 0.25) is 0 Å². The zero-order valence-corrected chi connectivity index (χ0v) is 33.2. The van der Waals surface area contributed by atoms with E-state index in [2.05, 4.69) is 121 Å². The van der Waals surface area contributed by atoms with E-state index in [9.17, 15) is 9.90 Å². The molecule has 0 saturated heterocycles. The van der Waals surface area contributed by atoms with Gasteiger partial charge in [0.25, 0.3) is 0 Å². The summed E-state index contributed by atoms with van der Waals surface area (Å²) in [5.74, 6) is 0.926. The molecule has 9 heteroatoms. The lowest BCUT2D eigenvalue weighted by atomic mass is 9.77. The molecule has 0 spiro atoms. The molecule has 7 rings (SSSR count). The van der Waals surface area contributed by atoms with E-state index in [1.54, 1.807) is 6.92 Å². The van der Waals surface area contributed by atoms with E-state index in [0.29, 0.717) is 43.0 Å². The van der Waals surface area contributed by atoms with Crippen LogP contribution in [0.4, 0.5) is 0 Å². The molecule has 0 aliphatic heterocycles. The number of aromatic nitrogens is 6. The topological polar surface area (TPSA) is 108 Å². The molecule has 7 aromatic rings. The molecule has 0 amide bonds. The highest BCUT2D eigenvalue weighted by molar-refractivity contribution is 5.89. The third-order valence-corrected chi connectivity index (χ3v) is 11.0. The van der Waals surface area contributed by atoms with Gasteiger partial charge in [-0.1, -0.05) is 167 Å². The van der Waals surface area contributed by atoms with Gasteiger partial charge in [0.1, 0.15) is 22.7 Å². The zero-order valence-electron chi connectivity index (χ0n) is 33.2. The predicted molar refractivity (Wildman–Crippen MR) is 224 cm³/mol. The van der Waals surface area contributed by atoms with E-state index in [1.807, 2.05) is 53.4 Å². The number of unbranched alkanes of at least 4 members (excludes halogenated alkanes) is 1. The molecule has 9 nitrogen and oxygen atoms in total. The number of carbonyl (C=O) groups is 1. The first kappa shape index (κ1) is 39.1. The van der Waals surface area contributed by atoms with Gasteiger partial charge in [-0.2, -0.15) is 0 Å². The van der Waals surface area contributed by atoms with Crippen LogP contribution in [0.25, 0.3) is 22.5 Å². The van der Waals surface area contributed by atoms with Crippen molar-refractivity contribution < 1.29 is 14.6 Å². The Morgan fingerprint density at radius 2 is 1.25 bits per heavy atom. The lowest BCUT2D eigenvalue weighted by molar-refractivity contribution is 0.0204. The molecule has 2 aromatic heterocycles. The Kier molecular flexibility index (Phi) is 11.9. The molecule has 0 saturated carbocycles. The van der Waals surface area contributed by atoms with Gasteiger partial charge in [0.15, 0.2) is 11.5 Å². The monoisotopic (exact) mass is 758 g/mol.